The number of alkyl halides is 3. The number of hydrogen-bond donors (Lipinski definition) is 2. The number of carbonyl (C=O) groups excluding carboxylic acids is 1. The molecule has 19 heavy (non-hydrogen) atoms. The monoisotopic (exact) mass is 279 g/mol. The zero-order valence-corrected chi connectivity index (χ0v) is 10.7. The van der Waals surface area contributed by atoms with Crippen LogP contribution in [-0.2, 0) is 4.79 Å². The molecule has 0 aliphatic heterocycles. The third kappa shape index (κ3) is 3.61. The molecule has 0 radical (unpaired) electrons. The van der Waals surface area contributed by atoms with E-state index < -0.39 is 23.9 Å². The molecule has 2 unspecified atom stereocenters. The van der Waals surface area contributed by atoms with Gasteiger partial charge >= 0.3 is 6.18 Å². The number of halogens is 3. The largest absolute Gasteiger partial charge is 0.393 e. The molecule has 0 heterocycles. The summed E-state index contributed by atoms with van der Waals surface area (Å²) in [6, 6.07) is 0. The highest BCUT2D eigenvalue weighted by Crippen LogP contribution is 2.41. The van der Waals surface area contributed by atoms with Gasteiger partial charge in [0.2, 0.25) is 5.91 Å². The summed E-state index contributed by atoms with van der Waals surface area (Å²) in [7, 11) is 0. The van der Waals surface area contributed by atoms with Gasteiger partial charge in [-0.05, 0) is 31.6 Å². The summed E-state index contributed by atoms with van der Waals surface area (Å²) in [5, 5.41) is 11.7. The molecular weight excluding hydrogens is 259 g/mol. The van der Waals surface area contributed by atoms with Gasteiger partial charge in [-0.1, -0.05) is 12.8 Å². The molecule has 2 saturated carbocycles. The van der Waals surface area contributed by atoms with Crippen LogP contribution >= 0.6 is 0 Å². The summed E-state index contributed by atoms with van der Waals surface area (Å²) in [5.74, 6) is -2.68. The van der Waals surface area contributed by atoms with Crippen LogP contribution in [0.25, 0.3) is 0 Å². The van der Waals surface area contributed by atoms with Crippen LogP contribution in [-0.4, -0.2) is 29.8 Å². The van der Waals surface area contributed by atoms with Crippen molar-refractivity contribution >= 4 is 5.91 Å². The SMILES string of the molecule is O=C(NCC1CC(O)C1)C1CCCCC1C(F)(F)F. The van der Waals surface area contributed by atoms with E-state index in [-0.39, 0.29) is 18.4 Å². The van der Waals surface area contributed by atoms with E-state index in [1.807, 2.05) is 0 Å². The first-order valence-corrected chi connectivity index (χ1v) is 6.90. The highest BCUT2D eigenvalue weighted by Gasteiger charge is 2.48. The van der Waals surface area contributed by atoms with Crippen molar-refractivity contribution in [1.29, 1.82) is 0 Å². The lowest BCUT2D eigenvalue weighted by molar-refractivity contribution is -0.198. The van der Waals surface area contributed by atoms with Crippen molar-refractivity contribution < 1.29 is 23.1 Å². The smallest absolute Gasteiger partial charge is 0.392 e. The van der Waals surface area contributed by atoms with Crippen LogP contribution in [0.15, 0.2) is 0 Å². The second-order valence-corrected chi connectivity index (χ2v) is 5.78. The Kier molecular flexibility index (Phi) is 4.38. The number of aliphatic hydroxyl groups is 1. The van der Waals surface area contributed by atoms with Crippen LogP contribution in [0.5, 0.6) is 0 Å². The van der Waals surface area contributed by atoms with E-state index in [1.165, 1.54) is 0 Å². The van der Waals surface area contributed by atoms with E-state index in [4.69, 9.17) is 5.11 Å². The molecule has 0 aromatic heterocycles. The van der Waals surface area contributed by atoms with Crippen LogP contribution in [0.2, 0.25) is 0 Å². The molecule has 110 valence electrons. The van der Waals surface area contributed by atoms with E-state index in [0.717, 1.165) is 0 Å². The molecule has 0 aromatic rings. The van der Waals surface area contributed by atoms with Crippen LogP contribution in [0.3, 0.4) is 0 Å². The predicted octanol–water partition coefficient (Wildman–Crippen LogP) is 2.24. The fraction of sp³-hybridized carbons (Fsp3) is 0.923. The highest BCUT2D eigenvalue weighted by molar-refractivity contribution is 5.79. The van der Waals surface area contributed by atoms with E-state index in [9.17, 15) is 18.0 Å². The zero-order chi connectivity index (χ0) is 14.0. The number of hydrogen-bond acceptors (Lipinski definition) is 2. The van der Waals surface area contributed by atoms with Gasteiger partial charge in [0.05, 0.1) is 12.0 Å². The summed E-state index contributed by atoms with van der Waals surface area (Å²) in [5.41, 5.74) is 0. The van der Waals surface area contributed by atoms with Gasteiger partial charge in [-0.3, -0.25) is 4.79 Å². The number of amides is 1. The summed E-state index contributed by atoms with van der Waals surface area (Å²) >= 11 is 0. The molecule has 2 rings (SSSR count). The molecule has 0 aromatic carbocycles. The van der Waals surface area contributed by atoms with Gasteiger partial charge in [0.25, 0.3) is 0 Å². The van der Waals surface area contributed by atoms with Gasteiger partial charge < -0.3 is 10.4 Å². The molecule has 2 N–H and O–H groups in total. The number of aliphatic hydroxyl groups excluding tert-OH is 1. The van der Waals surface area contributed by atoms with Crippen molar-refractivity contribution in [3.63, 3.8) is 0 Å². The molecule has 0 saturated heterocycles. The Labute approximate surface area is 110 Å². The van der Waals surface area contributed by atoms with Gasteiger partial charge in [-0.25, -0.2) is 0 Å². The third-order valence-corrected chi connectivity index (χ3v) is 4.30. The standard InChI is InChI=1S/C13H20F3NO2/c14-13(15,16)11-4-2-1-3-10(11)12(19)17-7-8-5-9(18)6-8/h8-11,18H,1-7H2,(H,17,19). The lowest BCUT2D eigenvalue weighted by Crippen LogP contribution is -2.45. The molecule has 2 aliphatic rings. The molecule has 0 bridgehead atoms. The van der Waals surface area contributed by atoms with E-state index in [0.29, 0.717) is 38.6 Å². The summed E-state index contributed by atoms with van der Waals surface area (Å²) < 4.78 is 38.6. The first kappa shape index (κ1) is 14.6. The maximum atomic E-state index is 12.9. The van der Waals surface area contributed by atoms with Gasteiger partial charge in [0.15, 0.2) is 0 Å². The maximum absolute atomic E-state index is 12.9. The zero-order valence-electron chi connectivity index (χ0n) is 10.7. The van der Waals surface area contributed by atoms with Crippen LogP contribution in [0.1, 0.15) is 38.5 Å². The number of carbonyl (C=O) groups is 1. The van der Waals surface area contributed by atoms with Gasteiger partial charge in [0, 0.05) is 12.5 Å². The topological polar surface area (TPSA) is 49.3 Å². The number of rotatable bonds is 3. The molecule has 3 nitrogen and oxygen atoms in total. The molecule has 2 atom stereocenters. The Morgan fingerprint density at radius 3 is 2.42 bits per heavy atom. The summed E-state index contributed by atoms with van der Waals surface area (Å²) in [6.07, 6.45) is -1.71. The lowest BCUT2D eigenvalue weighted by atomic mass is 9.77. The van der Waals surface area contributed by atoms with Crippen molar-refractivity contribution in [2.24, 2.45) is 17.8 Å². The summed E-state index contributed by atoms with van der Waals surface area (Å²) in [4.78, 5) is 11.9. The molecule has 0 spiro atoms. The lowest BCUT2D eigenvalue weighted by Gasteiger charge is -2.34. The van der Waals surface area contributed by atoms with E-state index >= 15 is 0 Å². The molecular formula is C13H20F3NO2. The van der Waals surface area contributed by atoms with Crippen LogP contribution in [0.4, 0.5) is 13.2 Å². The fourth-order valence-corrected chi connectivity index (χ4v) is 3.08. The minimum Gasteiger partial charge on any atom is -0.393 e. The maximum Gasteiger partial charge on any atom is 0.392 e. The minimum atomic E-state index is -4.28. The van der Waals surface area contributed by atoms with Gasteiger partial charge in [-0.15, -0.1) is 0 Å². The van der Waals surface area contributed by atoms with Gasteiger partial charge in [-0.2, -0.15) is 13.2 Å². The van der Waals surface area contributed by atoms with Crippen LogP contribution < -0.4 is 5.32 Å². The Morgan fingerprint density at radius 1 is 1.21 bits per heavy atom. The number of nitrogens with one attached hydrogen (secondary N) is 1. The average Bonchev–Trinajstić information content (AvgIpc) is 2.32. The van der Waals surface area contributed by atoms with E-state index in [1.54, 1.807) is 0 Å². The second-order valence-electron chi connectivity index (χ2n) is 5.78. The Hall–Kier alpha value is -0.780. The van der Waals surface area contributed by atoms with Crippen molar-refractivity contribution in [2.75, 3.05) is 6.54 Å². The Bertz CT molecular complexity index is 326. The summed E-state index contributed by atoms with van der Waals surface area (Å²) in [6.45, 7) is 0.386. The molecule has 1 amide bonds. The normalized spacial score (nSPS) is 35.6. The minimum absolute atomic E-state index is 0.0593. The molecule has 6 heteroatoms. The predicted molar refractivity (Wildman–Crippen MR) is 63.2 cm³/mol. The van der Waals surface area contributed by atoms with Gasteiger partial charge in [0.1, 0.15) is 0 Å². The highest BCUT2D eigenvalue weighted by atomic mass is 19.4. The quantitative estimate of drug-likeness (QED) is 0.832. The van der Waals surface area contributed by atoms with Crippen molar-refractivity contribution in [3.05, 3.63) is 0 Å². The second kappa shape index (κ2) is 5.69. The van der Waals surface area contributed by atoms with Crippen molar-refractivity contribution in [1.82, 2.24) is 5.32 Å². The van der Waals surface area contributed by atoms with E-state index in [2.05, 4.69) is 5.32 Å². The molecule has 2 fully saturated rings. The first-order valence-electron chi connectivity index (χ1n) is 6.90. The van der Waals surface area contributed by atoms with Crippen molar-refractivity contribution in [3.8, 4) is 0 Å². The third-order valence-electron chi connectivity index (χ3n) is 4.30. The fourth-order valence-electron chi connectivity index (χ4n) is 3.08. The Balaban J connectivity index is 1.85. The average molecular weight is 279 g/mol. The molecule has 2 aliphatic carbocycles. The van der Waals surface area contributed by atoms with Crippen molar-refractivity contribution in [2.45, 2.75) is 50.8 Å². The first-order chi connectivity index (χ1) is 8.88. The van der Waals surface area contributed by atoms with Crippen LogP contribution in [0, 0.1) is 17.8 Å². The Morgan fingerprint density at radius 2 is 1.84 bits per heavy atom.